The number of nitrogens with one attached hydrogen (secondary N) is 2. The number of aliphatic carboxylic acids is 1. The van der Waals surface area contributed by atoms with Gasteiger partial charge in [-0.05, 0) is 19.9 Å². The Bertz CT molecular complexity index is 506. The van der Waals surface area contributed by atoms with E-state index >= 15 is 0 Å². The molecule has 7 heteroatoms. The van der Waals surface area contributed by atoms with Crippen molar-refractivity contribution in [1.82, 2.24) is 10.6 Å². The first-order valence-electron chi connectivity index (χ1n) is 5.46. The van der Waals surface area contributed by atoms with Crippen LogP contribution in [0.1, 0.15) is 19.4 Å². The normalized spacial score (nSPS) is 10.9. The predicted octanol–water partition coefficient (Wildman–Crippen LogP) is 2.14. The van der Waals surface area contributed by atoms with E-state index in [-0.39, 0.29) is 17.1 Å². The van der Waals surface area contributed by atoms with Gasteiger partial charge >= 0.3 is 12.0 Å². The predicted molar refractivity (Wildman–Crippen MR) is 68.5 cm³/mol. The van der Waals surface area contributed by atoms with E-state index in [0.29, 0.717) is 0 Å². The van der Waals surface area contributed by atoms with E-state index in [2.05, 4.69) is 10.6 Å². The van der Waals surface area contributed by atoms with Crippen LogP contribution in [0.2, 0.25) is 5.02 Å². The Hall–Kier alpha value is -1.82. The molecule has 0 aliphatic carbocycles. The maximum atomic E-state index is 13.5. The summed E-state index contributed by atoms with van der Waals surface area (Å²) in [5.74, 6) is -1.78. The molecule has 0 spiro atoms. The van der Waals surface area contributed by atoms with Crippen molar-refractivity contribution in [2.75, 3.05) is 0 Å². The Kier molecular flexibility index (Phi) is 4.72. The second-order valence-electron chi connectivity index (χ2n) is 4.45. The van der Waals surface area contributed by atoms with Crippen molar-refractivity contribution in [1.29, 1.82) is 0 Å². The molecule has 0 bridgehead atoms. The summed E-state index contributed by atoms with van der Waals surface area (Å²) in [4.78, 5) is 22.3. The molecule has 3 N–H and O–H groups in total. The molecule has 0 aliphatic rings. The first-order valence-corrected chi connectivity index (χ1v) is 5.84. The molecule has 1 aromatic rings. The number of carboxylic acids is 1. The molecule has 1 rings (SSSR count). The van der Waals surface area contributed by atoms with Crippen LogP contribution in [0.3, 0.4) is 0 Å². The third-order valence-electron chi connectivity index (χ3n) is 2.43. The first kappa shape index (κ1) is 15.2. The molecule has 0 saturated heterocycles. The maximum absolute atomic E-state index is 13.5. The third-order valence-corrected chi connectivity index (χ3v) is 2.72. The number of hydrogen-bond donors (Lipinski definition) is 3. The zero-order chi connectivity index (χ0) is 14.6. The summed E-state index contributed by atoms with van der Waals surface area (Å²) in [5, 5.41) is 13.4. The van der Waals surface area contributed by atoms with Crippen molar-refractivity contribution in [2.24, 2.45) is 0 Å². The van der Waals surface area contributed by atoms with Gasteiger partial charge in [-0.25, -0.2) is 14.0 Å². The van der Waals surface area contributed by atoms with Gasteiger partial charge in [0.25, 0.3) is 0 Å². The highest BCUT2D eigenvalue weighted by atomic mass is 35.5. The highest BCUT2D eigenvalue weighted by molar-refractivity contribution is 6.30. The molecule has 104 valence electrons. The van der Waals surface area contributed by atoms with Crippen LogP contribution < -0.4 is 10.6 Å². The van der Waals surface area contributed by atoms with E-state index in [4.69, 9.17) is 16.7 Å². The number of rotatable bonds is 4. The smallest absolute Gasteiger partial charge is 0.328 e. The standard InChI is InChI=1S/C12H14ClFN2O3/c1-12(2,10(17)18)16-11(19)15-6-7-4-3-5-8(13)9(7)14/h3-5H,6H2,1-2H3,(H,17,18)(H2,15,16,19). The molecule has 0 unspecified atom stereocenters. The number of benzene rings is 1. The summed E-state index contributed by atoms with van der Waals surface area (Å²) < 4.78 is 13.5. The largest absolute Gasteiger partial charge is 0.480 e. The van der Waals surface area contributed by atoms with Gasteiger partial charge in [0.1, 0.15) is 11.4 Å². The molecule has 19 heavy (non-hydrogen) atoms. The second-order valence-corrected chi connectivity index (χ2v) is 4.86. The summed E-state index contributed by atoms with van der Waals surface area (Å²) >= 11 is 5.60. The Balaban J connectivity index is 2.60. The molecular weight excluding hydrogens is 275 g/mol. The van der Waals surface area contributed by atoms with Gasteiger partial charge in [-0.15, -0.1) is 0 Å². The first-order chi connectivity index (χ1) is 8.74. The minimum Gasteiger partial charge on any atom is -0.480 e. The molecule has 1 aromatic carbocycles. The zero-order valence-electron chi connectivity index (χ0n) is 10.5. The van der Waals surface area contributed by atoms with Crippen molar-refractivity contribution >= 4 is 23.6 Å². The number of carbonyl (C=O) groups excluding carboxylic acids is 1. The number of amides is 2. The van der Waals surface area contributed by atoms with Crippen molar-refractivity contribution in [3.63, 3.8) is 0 Å². The molecule has 0 aliphatic heterocycles. The SMILES string of the molecule is CC(C)(NC(=O)NCc1cccc(Cl)c1F)C(=O)O. The minimum atomic E-state index is -1.41. The van der Waals surface area contributed by atoms with Gasteiger partial charge in [0.2, 0.25) is 0 Å². The van der Waals surface area contributed by atoms with Gasteiger partial charge in [0.05, 0.1) is 5.02 Å². The fourth-order valence-electron chi connectivity index (χ4n) is 1.24. The van der Waals surface area contributed by atoms with Gasteiger partial charge in [0, 0.05) is 12.1 Å². The summed E-state index contributed by atoms with van der Waals surface area (Å²) in [6, 6.07) is 3.73. The van der Waals surface area contributed by atoms with E-state index in [1.807, 2.05) is 0 Å². The molecule has 0 radical (unpaired) electrons. The van der Waals surface area contributed by atoms with E-state index in [0.717, 1.165) is 0 Å². The van der Waals surface area contributed by atoms with Gasteiger partial charge in [0.15, 0.2) is 0 Å². The van der Waals surface area contributed by atoms with Crippen molar-refractivity contribution in [2.45, 2.75) is 25.9 Å². The van der Waals surface area contributed by atoms with Crippen LogP contribution in [0, 0.1) is 5.82 Å². The lowest BCUT2D eigenvalue weighted by atomic mass is 10.1. The number of hydrogen-bond acceptors (Lipinski definition) is 2. The van der Waals surface area contributed by atoms with Crippen LogP contribution >= 0.6 is 11.6 Å². The molecule has 0 heterocycles. The highest BCUT2D eigenvalue weighted by Gasteiger charge is 2.28. The fraction of sp³-hybridized carbons (Fsp3) is 0.333. The van der Waals surface area contributed by atoms with Crippen LogP contribution in [-0.2, 0) is 11.3 Å². The number of carbonyl (C=O) groups is 2. The monoisotopic (exact) mass is 288 g/mol. The molecular formula is C12H14ClFN2O3. The molecule has 5 nitrogen and oxygen atoms in total. The number of urea groups is 1. The summed E-state index contributed by atoms with van der Waals surface area (Å²) in [6.07, 6.45) is 0. The minimum absolute atomic E-state index is 0.0365. The number of halogens is 2. The van der Waals surface area contributed by atoms with Crippen LogP contribution in [0.4, 0.5) is 9.18 Å². The van der Waals surface area contributed by atoms with E-state index < -0.39 is 23.4 Å². The van der Waals surface area contributed by atoms with E-state index in [1.165, 1.54) is 26.0 Å². The lowest BCUT2D eigenvalue weighted by molar-refractivity contribution is -0.142. The third kappa shape index (κ3) is 4.10. The van der Waals surface area contributed by atoms with Crippen molar-refractivity contribution in [3.8, 4) is 0 Å². The lowest BCUT2D eigenvalue weighted by Gasteiger charge is -2.21. The molecule has 0 saturated carbocycles. The van der Waals surface area contributed by atoms with Crippen LogP contribution in [0.25, 0.3) is 0 Å². The van der Waals surface area contributed by atoms with Crippen molar-refractivity contribution in [3.05, 3.63) is 34.6 Å². The summed E-state index contributed by atoms with van der Waals surface area (Å²) in [6.45, 7) is 2.59. The average Bonchev–Trinajstić information content (AvgIpc) is 2.30. The molecule has 2 amide bonds. The van der Waals surface area contributed by atoms with Gasteiger partial charge in [-0.1, -0.05) is 23.7 Å². The van der Waals surface area contributed by atoms with Gasteiger partial charge in [-0.3, -0.25) is 0 Å². The molecule has 0 atom stereocenters. The molecule has 0 fully saturated rings. The Morgan fingerprint density at radius 2 is 2.05 bits per heavy atom. The quantitative estimate of drug-likeness (QED) is 0.794. The van der Waals surface area contributed by atoms with E-state index in [1.54, 1.807) is 6.07 Å². The topological polar surface area (TPSA) is 78.4 Å². The maximum Gasteiger partial charge on any atom is 0.328 e. The number of carboxylic acid groups (broad SMARTS) is 1. The van der Waals surface area contributed by atoms with Crippen LogP contribution in [0.15, 0.2) is 18.2 Å². The summed E-state index contributed by atoms with van der Waals surface area (Å²) in [7, 11) is 0. The van der Waals surface area contributed by atoms with Gasteiger partial charge in [-0.2, -0.15) is 0 Å². The summed E-state index contributed by atoms with van der Waals surface area (Å²) in [5.41, 5.74) is -1.19. The van der Waals surface area contributed by atoms with Gasteiger partial charge < -0.3 is 15.7 Å². The molecule has 0 aromatic heterocycles. The second kappa shape index (κ2) is 5.88. The average molecular weight is 289 g/mol. The van der Waals surface area contributed by atoms with Crippen LogP contribution in [0.5, 0.6) is 0 Å². The van der Waals surface area contributed by atoms with E-state index in [9.17, 15) is 14.0 Å². The zero-order valence-corrected chi connectivity index (χ0v) is 11.2. The Morgan fingerprint density at radius 3 is 2.63 bits per heavy atom. The fourth-order valence-corrected chi connectivity index (χ4v) is 1.44. The van der Waals surface area contributed by atoms with Crippen molar-refractivity contribution < 1.29 is 19.1 Å². The van der Waals surface area contributed by atoms with Crippen LogP contribution in [-0.4, -0.2) is 22.6 Å². The highest BCUT2D eigenvalue weighted by Crippen LogP contribution is 2.17. The Labute approximate surface area is 114 Å². The lowest BCUT2D eigenvalue weighted by Crippen LogP contribution is -2.53. The Morgan fingerprint density at radius 1 is 1.42 bits per heavy atom.